The summed E-state index contributed by atoms with van der Waals surface area (Å²) in [7, 11) is 0. The van der Waals surface area contributed by atoms with Crippen LogP contribution in [0.3, 0.4) is 0 Å². The highest BCUT2D eigenvalue weighted by atomic mass is 32.2. The van der Waals surface area contributed by atoms with E-state index in [1.54, 1.807) is 11.9 Å². The zero-order valence-electron chi connectivity index (χ0n) is 6.86. The summed E-state index contributed by atoms with van der Waals surface area (Å²) >= 11 is 1.67. The molecule has 0 atom stereocenters. The first-order valence-electron chi connectivity index (χ1n) is 4.07. The highest BCUT2D eigenvalue weighted by molar-refractivity contribution is 7.99. The Kier molecular flexibility index (Phi) is 4.12. The number of hydrazone groups is 1. The van der Waals surface area contributed by atoms with Crippen molar-refractivity contribution in [1.82, 2.24) is 4.41 Å². The maximum atomic E-state index is 4.19. The van der Waals surface area contributed by atoms with Crippen LogP contribution in [0.1, 0.15) is 26.2 Å². The van der Waals surface area contributed by atoms with Crippen molar-refractivity contribution in [2.45, 2.75) is 26.2 Å². The Morgan fingerprint density at radius 3 is 3.00 bits per heavy atom. The van der Waals surface area contributed by atoms with E-state index in [0.29, 0.717) is 0 Å². The van der Waals surface area contributed by atoms with Crippen LogP contribution in [0.15, 0.2) is 16.6 Å². The van der Waals surface area contributed by atoms with E-state index in [0.717, 1.165) is 6.54 Å². The Morgan fingerprint density at radius 1 is 1.45 bits per heavy atom. The van der Waals surface area contributed by atoms with Crippen molar-refractivity contribution in [2.24, 2.45) is 5.10 Å². The molecule has 1 heterocycles. The van der Waals surface area contributed by atoms with Gasteiger partial charge in [-0.3, -0.25) is 0 Å². The molecule has 3 heteroatoms. The minimum absolute atomic E-state index is 1.07. The standard InChI is InChI=1S/C8H14N2S/c1-2-3-4-7-10-9-6-5-8-11-10/h5-6,8H,2-4,7H2,1H3. The molecule has 0 bridgehead atoms. The number of rotatable bonds is 4. The molecule has 2 nitrogen and oxygen atoms in total. The first-order valence-corrected chi connectivity index (χ1v) is 4.90. The molecule has 0 saturated heterocycles. The van der Waals surface area contributed by atoms with Crippen LogP contribution in [0, 0.1) is 0 Å². The molecule has 1 aliphatic rings. The molecule has 11 heavy (non-hydrogen) atoms. The van der Waals surface area contributed by atoms with Crippen LogP contribution in [0.5, 0.6) is 0 Å². The number of nitrogens with zero attached hydrogens (tertiary/aromatic N) is 2. The fourth-order valence-electron chi connectivity index (χ4n) is 0.888. The van der Waals surface area contributed by atoms with Gasteiger partial charge >= 0.3 is 0 Å². The molecule has 0 amide bonds. The van der Waals surface area contributed by atoms with E-state index in [1.807, 2.05) is 16.7 Å². The molecule has 1 rings (SSSR count). The minimum Gasteiger partial charge on any atom is -0.235 e. The molecule has 0 aliphatic carbocycles. The Balaban J connectivity index is 2.07. The van der Waals surface area contributed by atoms with E-state index in [2.05, 4.69) is 17.4 Å². The highest BCUT2D eigenvalue weighted by Crippen LogP contribution is 2.15. The van der Waals surface area contributed by atoms with Gasteiger partial charge in [-0.2, -0.15) is 5.10 Å². The summed E-state index contributed by atoms with van der Waals surface area (Å²) in [5.41, 5.74) is 0. The van der Waals surface area contributed by atoms with Gasteiger partial charge in [0.2, 0.25) is 0 Å². The van der Waals surface area contributed by atoms with Crippen molar-refractivity contribution >= 4 is 18.2 Å². The van der Waals surface area contributed by atoms with Crippen LogP contribution in [-0.2, 0) is 0 Å². The minimum atomic E-state index is 1.07. The molecule has 0 aromatic rings. The molecule has 0 radical (unpaired) electrons. The van der Waals surface area contributed by atoms with Gasteiger partial charge in [-0.15, -0.1) is 0 Å². The molecule has 62 valence electrons. The molecule has 0 saturated carbocycles. The molecule has 0 spiro atoms. The van der Waals surface area contributed by atoms with E-state index >= 15 is 0 Å². The molecule has 0 aromatic carbocycles. The van der Waals surface area contributed by atoms with Crippen molar-refractivity contribution in [1.29, 1.82) is 0 Å². The lowest BCUT2D eigenvalue weighted by atomic mass is 10.2. The Bertz CT molecular complexity index is 154. The smallest absolute Gasteiger partial charge is 0.0486 e. The van der Waals surface area contributed by atoms with Crippen LogP contribution in [0.2, 0.25) is 0 Å². The quantitative estimate of drug-likeness (QED) is 0.476. The molecule has 0 aromatic heterocycles. The number of hydrogen-bond acceptors (Lipinski definition) is 3. The normalized spacial score (nSPS) is 15.9. The maximum Gasteiger partial charge on any atom is 0.0486 e. The molecular weight excluding hydrogens is 156 g/mol. The van der Waals surface area contributed by atoms with Crippen molar-refractivity contribution in [3.8, 4) is 0 Å². The average Bonchev–Trinajstić information content (AvgIpc) is 2.07. The van der Waals surface area contributed by atoms with Gasteiger partial charge in [0.05, 0.1) is 0 Å². The van der Waals surface area contributed by atoms with Crippen LogP contribution in [0.25, 0.3) is 0 Å². The fraction of sp³-hybridized carbons (Fsp3) is 0.625. The first kappa shape index (κ1) is 8.65. The third kappa shape index (κ3) is 3.46. The predicted octanol–water partition coefficient (Wildman–Crippen LogP) is 2.64. The largest absolute Gasteiger partial charge is 0.235 e. The Hall–Kier alpha value is -0.440. The third-order valence-corrected chi connectivity index (χ3v) is 2.29. The summed E-state index contributed by atoms with van der Waals surface area (Å²) in [4.78, 5) is 0. The lowest BCUT2D eigenvalue weighted by molar-refractivity contribution is 0.479. The van der Waals surface area contributed by atoms with Crippen LogP contribution < -0.4 is 0 Å². The Morgan fingerprint density at radius 2 is 2.36 bits per heavy atom. The van der Waals surface area contributed by atoms with Crippen molar-refractivity contribution in [3.05, 3.63) is 11.5 Å². The number of allylic oxidation sites excluding steroid dienone is 1. The first-order chi connectivity index (χ1) is 5.43. The van der Waals surface area contributed by atoms with Gasteiger partial charge in [0.25, 0.3) is 0 Å². The van der Waals surface area contributed by atoms with Crippen molar-refractivity contribution in [2.75, 3.05) is 6.54 Å². The second-order valence-corrected chi connectivity index (χ2v) is 3.39. The number of unbranched alkanes of at least 4 members (excludes halogenated alkanes) is 2. The lowest BCUT2D eigenvalue weighted by Gasteiger charge is -2.16. The van der Waals surface area contributed by atoms with Gasteiger partial charge in [0.1, 0.15) is 0 Å². The SMILES string of the molecule is CCCCCN1N=CC=CS1. The summed E-state index contributed by atoms with van der Waals surface area (Å²) in [6.45, 7) is 3.28. The van der Waals surface area contributed by atoms with Gasteiger partial charge in [0.15, 0.2) is 0 Å². The van der Waals surface area contributed by atoms with E-state index in [1.165, 1.54) is 19.3 Å². The van der Waals surface area contributed by atoms with E-state index in [4.69, 9.17) is 0 Å². The molecule has 0 N–H and O–H groups in total. The van der Waals surface area contributed by atoms with Crippen LogP contribution in [0.4, 0.5) is 0 Å². The molecule has 1 aliphatic heterocycles. The lowest BCUT2D eigenvalue weighted by Crippen LogP contribution is -2.10. The predicted molar refractivity (Wildman–Crippen MR) is 51.5 cm³/mol. The van der Waals surface area contributed by atoms with Gasteiger partial charge < -0.3 is 0 Å². The zero-order valence-corrected chi connectivity index (χ0v) is 7.68. The fourth-order valence-corrected chi connectivity index (χ4v) is 1.51. The van der Waals surface area contributed by atoms with Gasteiger partial charge in [-0.25, -0.2) is 4.41 Å². The second kappa shape index (κ2) is 5.24. The summed E-state index contributed by atoms with van der Waals surface area (Å²) in [6, 6.07) is 0. The molecular formula is C8H14N2S. The number of hydrogen-bond donors (Lipinski definition) is 0. The summed E-state index contributed by atoms with van der Waals surface area (Å²) < 4.78 is 2.02. The van der Waals surface area contributed by atoms with Crippen molar-refractivity contribution in [3.63, 3.8) is 0 Å². The third-order valence-electron chi connectivity index (χ3n) is 1.50. The van der Waals surface area contributed by atoms with Crippen LogP contribution >= 0.6 is 11.9 Å². The average molecular weight is 170 g/mol. The summed E-state index contributed by atoms with van der Waals surface area (Å²) in [6.07, 6.45) is 7.62. The van der Waals surface area contributed by atoms with E-state index in [9.17, 15) is 0 Å². The molecule has 0 unspecified atom stereocenters. The van der Waals surface area contributed by atoms with Gasteiger partial charge in [0, 0.05) is 12.8 Å². The van der Waals surface area contributed by atoms with Crippen molar-refractivity contribution < 1.29 is 0 Å². The van der Waals surface area contributed by atoms with Crippen LogP contribution in [-0.4, -0.2) is 17.2 Å². The Labute approximate surface area is 72.5 Å². The molecule has 0 fully saturated rings. The highest BCUT2D eigenvalue weighted by Gasteiger charge is 1.99. The second-order valence-electron chi connectivity index (χ2n) is 2.48. The van der Waals surface area contributed by atoms with Gasteiger partial charge in [-0.05, 0) is 29.9 Å². The van der Waals surface area contributed by atoms with E-state index < -0.39 is 0 Å². The maximum absolute atomic E-state index is 4.19. The topological polar surface area (TPSA) is 15.6 Å². The summed E-state index contributed by atoms with van der Waals surface area (Å²) in [5.74, 6) is 0. The van der Waals surface area contributed by atoms with Gasteiger partial charge in [-0.1, -0.05) is 19.8 Å². The zero-order chi connectivity index (χ0) is 7.94. The monoisotopic (exact) mass is 170 g/mol. The van der Waals surface area contributed by atoms with E-state index in [-0.39, 0.29) is 0 Å². The summed E-state index contributed by atoms with van der Waals surface area (Å²) in [5, 5.41) is 6.24.